The van der Waals surface area contributed by atoms with Gasteiger partial charge in [-0.15, -0.1) is 12.4 Å². The fourth-order valence-corrected chi connectivity index (χ4v) is 1.40. The van der Waals surface area contributed by atoms with Crippen LogP contribution in [0.15, 0.2) is 18.2 Å². The lowest BCUT2D eigenvalue weighted by molar-refractivity contribution is 0.139. The number of hydrogen-bond acceptors (Lipinski definition) is 3. The number of aliphatic hydroxyl groups is 1. The summed E-state index contributed by atoms with van der Waals surface area (Å²) in [6.07, 6.45) is -0.0299. The van der Waals surface area contributed by atoms with Crippen LogP contribution in [0.5, 0.6) is 5.75 Å². The molecule has 2 atom stereocenters. The molecule has 1 aromatic rings. The maximum atomic E-state index is 9.62. The molecular weight excluding hydrogens is 214 g/mol. The minimum absolute atomic E-state index is 0. The van der Waals surface area contributed by atoms with E-state index in [2.05, 4.69) is 0 Å². The zero-order valence-corrected chi connectivity index (χ0v) is 9.79. The van der Waals surface area contributed by atoms with Crippen molar-refractivity contribution in [3.05, 3.63) is 29.3 Å². The molecule has 4 heteroatoms. The maximum Gasteiger partial charge on any atom is 0.120 e. The van der Waals surface area contributed by atoms with Crippen molar-refractivity contribution >= 4 is 12.4 Å². The normalized spacial score (nSPS) is 14.1. The molecule has 0 heterocycles. The summed E-state index contributed by atoms with van der Waals surface area (Å²) in [5.41, 5.74) is 7.37. The van der Waals surface area contributed by atoms with Gasteiger partial charge in [-0.3, -0.25) is 0 Å². The first kappa shape index (κ1) is 14.2. The predicted molar refractivity (Wildman–Crippen MR) is 63.3 cm³/mol. The van der Waals surface area contributed by atoms with Crippen molar-refractivity contribution in [2.45, 2.75) is 32.4 Å². The molecule has 0 fully saturated rings. The standard InChI is InChI=1S/C11H17NO2.ClH/c1-3-9(13)11(12)8-5-4-7(2)6-10(8)14;/h4-6,9,11,13-14H,3,12H2,1-2H3;1H/t9-,11+;/m0./s1. The Morgan fingerprint density at radius 3 is 2.47 bits per heavy atom. The molecule has 0 aliphatic carbocycles. The molecule has 0 aliphatic heterocycles. The van der Waals surface area contributed by atoms with Gasteiger partial charge in [0.1, 0.15) is 5.75 Å². The lowest BCUT2D eigenvalue weighted by atomic mass is 9.98. The molecule has 0 radical (unpaired) electrons. The summed E-state index contributed by atoms with van der Waals surface area (Å²) < 4.78 is 0. The van der Waals surface area contributed by atoms with Gasteiger partial charge in [0, 0.05) is 5.56 Å². The summed E-state index contributed by atoms with van der Waals surface area (Å²) in [4.78, 5) is 0. The Morgan fingerprint density at radius 2 is 2.00 bits per heavy atom. The van der Waals surface area contributed by atoms with Crippen LogP contribution in [-0.4, -0.2) is 16.3 Å². The van der Waals surface area contributed by atoms with E-state index < -0.39 is 12.1 Å². The lowest BCUT2D eigenvalue weighted by Crippen LogP contribution is -2.25. The first-order chi connectivity index (χ1) is 6.56. The molecule has 0 saturated carbocycles. The summed E-state index contributed by atoms with van der Waals surface area (Å²) in [6.45, 7) is 3.75. The van der Waals surface area contributed by atoms with Crippen LogP contribution in [0, 0.1) is 6.92 Å². The molecule has 0 unspecified atom stereocenters. The molecular formula is C11H18ClNO2. The average Bonchev–Trinajstić information content (AvgIpc) is 2.15. The minimum Gasteiger partial charge on any atom is -0.508 e. The minimum atomic E-state index is -0.608. The topological polar surface area (TPSA) is 66.5 Å². The molecule has 3 nitrogen and oxygen atoms in total. The Labute approximate surface area is 96.3 Å². The predicted octanol–water partition coefficient (Wildman–Crippen LogP) is 1.89. The van der Waals surface area contributed by atoms with Crippen LogP contribution < -0.4 is 5.73 Å². The molecule has 4 N–H and O–H groups in total. The van der Waals surface area contributed by atoms with E-state index in [1.807, 2.05) is 19.9 Å². The number of aromatic hydroxyl groups is 1. The number of aliphatic hydroxyl groups excluding tert-OH is 1. The van der Waals surface area contributed by atoms with E-state index >= 15 is 0 Å². The van der Waals surface area contributed by atoms with E-state index in [0.29, 0.717) is 12.0 Å². The highest BCUT2D eigenvalue weighted by Gasteiger charge is 2.17. The number of rotatable bonds is 3. The molecule has 0 saturated heterocycles. The Morgan fingerprint density at radius 1 is 1.40 bits per heavy atom. The number of aryl methyl sites for hydroxylation is 1. The fraction of sp³-hybridized carbons (Fsp3) is 0.455. The van der Waals surface area contributed by atoms with Crippen LogP contribution in [0.3, 0.4) is 0 Å². The first-order valence-corrected chi connectivity index (χ1v) is 4.79. The van der Waals surface area contributed by atoms with Gasteiger partial charge in [-0.2, -0.15) is 0 Å². The molecule has 0 amide bonds. The van der Waals surface area contributed by atoms with Gasteiger partial charge in [0.05, 0.1) is 12.1 Å². The molecule has 0 aromatic heterocycles. The molecule has 0 aliphatic rings. The Balaban J connectivity index is 0.00000196. The van der Waals surface area contributed by atoms with Crippen molar-refractivity contribution in [2.24, 2.45) is 5.73 Å². The van der Waals surface area contributed by atoms with Crippen molar-refractivity contribution in [1.29, 1.82) is 0 Å². The molecule has 0 bridgehead atoms. The molecule has 1 rings (SSSR count). The van der Waals surface area contributed by atoms with E-state index in [9.17, 15) is 10.2 Å². The fourth-order valence-electron chi connectivity index (χ4n) is 1.40. The van der Waals surface area contributed by atoms with E-state index in [1.54, 1.807) is 12.1 Å². The second-order valence-corrected chi connectivity index (χ2v) is 3.56. The average molecular weight is 232 g/mol. The van der Waals surface area contributed by atoms with E-state index in [0.717, 1.165) is 5.56 Å². The lowest BCUT2D eigenvalue weighted by Gasteiger charge is -2.18. The molecule has 15 heavy (non-hydrogen) atoms. The Hall–Kier alpha value is -0.770. The highest BCUT2D eigenvalue weighted by Crippen LogP contribution is 2.26. The van der Waals surface area contributed by atoms with Crippen LogP contribution >= 0.6 is 12.4 Å². The second-order valence-electron chi connectivity index (χ2n) is 3.56. The number of nitrogens with two attached hydrogens (primary N) is 1. The van der Waals surface area contributed by atoms with Gasteiger partial charge in [0.15, 0.2) is 0 Å². The Bertz CT molecular complexity index is 317. The first-order valence-electron chi connectivity index (χ1n) is 4.79. The van der Waals surface area contributed by atoms with Gasteiger partial charge in [0.2, 0.25) is 0 Å². The molecule has 0 spiro atoms. The highest BCUT2D eigenvalue weighted by atomic mass is 35.5. The number of halogens is 1. The smallest absolute Gasteiger partial charge is 0.120 e. The molecule has 86 valence electrons. The quantitative estimate of drug-likeness (QED) is 0.744. The van der Waals surface area contributed by atoms with Crippen LogP contribution in [0.4, 0.5) is 0 Å². The van der Waals surface area contributed by atoms with Crippen molar-refractivity contribution in [3.8, 4) is 5.75 Å². The third kappa shape index (κ3) is 3.38. The van der Waals surface area contributed by atoms with Crippen LogP contribution in [0.2, 0.25) is 0 Å². The number of phenols is 1. The van der Waals surface area contributed by atoms with E-state index in [-0.39, 0.29) is 18.2 Å². The van der Waals surface area contributed by atoms with Crippen LogP contribution in [-0.2, 0) is 0 Å². The van der Waals surface area contributed by atoms with Crippen molar-refractivity contribution in [3.63, 3.8) is 0 Å². The summed E-state index contributed by atoms with van der Waals surface area (Å²) >= 11 is 0. The third-order valence-electron chi connectivity index (χ3n) is 2.38. The third-order valence-corrected chi connectivity index (χ3v) is 2.38. The maximum absolute atomic E-state index is 9.62. The van der Waals surface area contributed by atoms with Crippen molar-refractivity contribution < 1.29 is 10.2 Å². The van der Waals surface area contributed by atoms with Gasteiger partial charge in [-0.1, -0.05) is 19.1 Å². The van der Waals surface area contributed by atoms with Crippen LogP contribution in [0.25, 0.3) is 0 Å². The van der Waals surface area contributed by atoms with Gasteiger partial charge >= 0.3 is 0 Å². The monoisotopic (exact) mass is 231 g/mol. The van der Waals surface area contributed by atoms with Gasteiger partial charge in [0.25, 0.3) is 0 Å². The molecule has 1 aromatic carbocycles. The second kappa shape index (κ2) is 5.95. The number of phenolic OH excluding ortho intramolecular Hbond substituents is 1. The van der Waals surface area contributed by atoms with Crippen molar-refractivity contribution in [1.82, 2.24) is 0 Å². The SMILES string of the molecule is CC[C@H](O)[C@H](N)c1ccc(C)cc1O.Cl. The zero-order valence-electron chi connectivity index (χ0n) is 8.97. The summed E-state index contributed by atoms with van der Waals surface area (Å²) in [6, 6.07) is 4.77. The van der Waals surface area contributed by atoms with Gasteiger partial charge in [-0.25, -0.2) is 0 Å². The van der Waals surface area contributed by atoms with Gasteiger partial charge < -0.3 is 15.9 Å². The summed E-state index contributed by atoms with van der Waals surface area (Å²) in [5, 5.41) is 19.2. The van der Waals surface area contributed by atoms with Gasteiger partial charge in [-0.05, 0) is 25.0 Å². The largest absolute Gasteiger partial charge is 0.508 e. The highest BCUT2D eigenvalue weighted by molar-refractivity contribution is 5.85. The van der Waals surface area contributed by atoms with Crippen LogP contribution in [0.1, 0.15) is 30.5 Å². The zero-order chi connectivity index (χ0) is 10.7. The Kier molecular flexibility index (Phi) is 5.65. The van der Waals surface area contributed by atoms with E-state index in [4.69, 9.17) is 5.73 Å². The summed E-state index contributed by atoms with van der Waals surface area (Å²) in [5.74, 6) is 0.157. The number of benzene rings is 1. The van der Waals surface area contributed by atoms with Crippen molar-refractivity contribution in [2.75, 3.05) is 0 Å². The summed E-state index contributed by atoms with van der Waals surface area (Å²) in [7, 11) is 0. The van der Waals surface area contributed by atoms with E-state index in [1.165, 1.54) is 0 Å². The number of hydrogen-bond donors (Lipinski definition) is 3.